The van der Waals surface area contributed by atoms with Gasteiger partial charge in [0.2, 0.25) is 0 Å². The van der Waals surface area contributed by atoms with Crippen LogP contribution in [0.3, 0.4) is 0 Å². The van der Waals surface area contributed by atoms with Gasteiger partial charge in [0.05, 0.1) is 0 Å². The molecule has 0 spiro atoms. The fraction of sp³-hybridized carbons (Fsp3) is 0.238. The molecule has 0 atom stereocenters. The highest BCUT2D eigenvalue weighted by Crippen LogP contribution is 2.28. The van der Waals surface area contributed by atoms with Gasteiger partial charge in [-0.3, -0.25) is 4.79 Å². The molecule has 0 N–H and O–H groups in total. The molecule has 0 fully saturated rings. The first-order valence-electron chi connectivity index (χ1n) is 8.74. The molecular weight excluding hydrogens is 344 g/mol. The summed E-state index contributed by atoms with van der Waals surface area (Å²) in [4.78, 5) is 18.9. The Hall–Kier alpha value is -2.66. The van der Waals surface area contributed by atoms with E-state index in [1.54, 1.807) is 11.3 Å². The fourth-order valence-electron chi connectivity index (χ4n) is 3.20. The second kappa shape index (κ2) is 7.30. The van der Waals surface area contributed by atoms with E-state index in [2.05, 4.69) is 11.1 Å². The molecular formula is C21H20N2O2S. The SMILES string of the molecule is Cc1csc(-c2ccc(OCC(=O)N3CCCc4ccccc43)cc2)n1. The van der Waals surface area contributed by atoms with Gasteiger partial charge < -0.3 is 9.64 Å². The lowest BCUT2D eigenvalue weighted by Crippen LogP contribution is -2.38. The largest absolute Gasteiger partial charge is 0.484 e. The highest BCUT2D eigenvalue weighted by molar-refractivity contribution is 7.13. The predicted molar refractivity (Wildman–Crippen MR) is 105 cm³/mol. The number of amides is 1. The number of aromatic nitrogens is 1. The fourth-order valence-corrected chi connectivity index (χ4v) is 4.00. The maximum absolute atomic E-state index is 12.6. The van der Waals surface area contributed by atoms with Gasteiger partial charge in [0.1, 0.15) is 10.8 Å². The van der Waals surface area contributed by atoms with Gasteiger partial charge in [0.25, 0.3) is 5.91 Å². The van der Waals surface area contributed by atoms with Gasteiger partial charge in [-0.1, -0.05) is 18.2 Å². The van der Waals surface area contributed by atoms with Gasteiger partial charge in [-0.05, 0) is 55.7 Å². The first kappa shape index (κ1) is 16.8. The number of hydrogen-bond donors (Lipinski definition) is 0. The Morgan fingerprint density at radius 2 is 2.00 bits per heavy atom. The number of para-hydroxylation sites is 1. The van der Waals surface area contributed by atoms with E-state index in [1.807, 2.05) is 59.7 Å². The van der Waals surface area contributed by atoms with E-state index in [-0.39, 0.29) is 12.5 Å². The van der Waals surface area contributed by atoms with Gasteiger partial charge in [0.15, 0.2) is 6.61 Å². The zero-order valence-corrected chi connectivity index (χ0v) is 15.5. The van der Waals surface area contributed by atoms with E-state index in [0.29, 0.717) is 5.75 Å². The first-order chi connectivity index (χ1) is 12.7. The van der Waals surface area contributed by atoms with E-state index >= 15 is 0 Å². The Kier molecular flexibility index (Phi) is 4.71. The number of thiazole rings is 1. The van der Waals surface area contributed by atoms with Crippen molar-refractivity contribution < 1.29 is 9.53 Å². The molecule has 132 valence electrons. The van der Waals surface area contributed by atoms with Crippen LogP contribution in [0.2, 0.25) is 0 Å². The molecule has 1 amide bonds. The van der Waals surface area contributed by atoms with Crippen molar-refractivity contribution in [2.75, 3.05) is 18.1 Å². The lowest BCUT2D eigenvalue weighted by atomic mass is 10.0. The van der Waals surface area contributed by atoms with Crippen LogP contribution in [0, 0.1) is 6.92 Å². The molecule has 2 heterocycles. The van der Waals surface area contributed by atoms with Crippen LogP contribution in [0.1, 0.15) is 17.7 Å². The van der Waals surface area contributed by atoms with Crippen LogP contribution in [0.4, 0.5) is 5.69 Å². The molecule has 2 aromatic carbocycles. The molecule has 0 aliphatic carbocycles. The number of carbonyl (C=O) groups excluding carboxylic acids is 1. The van der Waals surface area contributed by atoms with E-state index in [1.165, 1.54) is 5.56 Å². The van der Waals surface area contributed by atoms with Crippen LogP contribution in [0.15, 0.2) is 53.9 Å². The Morgan fingerprint density at radius 1 is 1.19 bits per heavy atom. The zero-order valence-electron chi connectivity index (χ0n) is 14.6. The summed E-state index contributed by atoms with van der Waals surface area (Å²) >= 11 is 1.63. The maximum Gasteiger partial charge on any atom is 0.264 e. The molecule has 4 rings (SSSR count). The Balaban J connectivity index is 1.41. The number of ether oxygens (including phenoxy) is 1. The molecule has 1 aliphatic heterocycles. The summed E-state index contributed by atoms with van der Waals surface area (Å²) in [6, 6.07) is 15.8. The number of anilines is 1. The van der Waals surface area contributed by atoms with Crippen LogP contribution in [0.5, 0.6) is 5.75 Å². The Labute approximate surface area is 157 Å². The molecule has 0 radical (unpaired) electrons. The van der Waals surface area contributed by atoms with Gasteiger partial charge >= 0.3 is 0 Å². The average Bonchev–Trinajstić information content (AvgIpc) is 3.12. The van der Waals surface area contributed by atoms with Gasteiger partial charge in [-0.15, -0.1) is 11.3 Å². The third-order valence-electron chi connectivity index (χ3n) is 4.49. The van der Waals surface area contributed by atoms with Crippen molar-refractivity contribution in [1.82, 2.24) is 4.98 Å². The molecule has 0 saturated carbocycles. The van der Waals surface area contributed by atoms with Crippen molar-refractivity contribution >= 4 is 22.9 Å². The minimum Gasteiger partial charge on any atom is -0.484 e. The Bertz CT molecular complexity index is 918. The lowest BCUT2D eigenvalue weighted by molar-refractivity contribution is -0.120. The molecule has 3 aromatic rings. The lowest BCUT2D eigenvalue weighted by Gasteiger charge is -2.29. The second-order valence-corrected chi connectivity index (χ2v) is 7.24. The summed E-state index contributed by atoms with van der Waals surface area (Å²) in [5.41, 5.74) is 4.33. The standard InChI is InChI=1S/C21H20N2O2S/c1-15-14-26-21(22-15)17-8-10-18(11-9-17)25-13-20(24)23-12-4-6-16-5-2-3-7-19(16)23/h2-3,5,7-11,14H,4,6,12-13H2,1H3. The van der Waals surface area contributed by atoms with Crippen LogP contribution in [0.25, 0.3) is 10.6 Å². The minimum atomic E-state index is -0.00299. The molecule has 4 nitrogen and oxygen atoms in total. The number of fused-ring (bicyclic) bond motifs is 1. The van der Waals surface area contributed by atoms with Crippen LogP contribution < -0.4 is 9.64 Å². The summed E-state index contributed by atoms with van der Waals surface area (Å²) < 4.78 is 5.72. The van der Waals surface area contributed by atoms with Gasteiger partial charge in [-0.25, -0.2) is 4.98 Å². The maximum atomic E-state index is 12.6. The Morgan fingerprint density at radius 3 is 2.77 bits per heavy atom. The summed E-state index contributed by atoms with van der Waals surface area (Å²) in [6.07, 6.45) is 2.02. The smallest absolute Gasteiger partial charge is 0.264 e. The predicted octanol–water partition coefficient (Wildman–Crippen LogP) is 4.48. The van der Waals surface area contributed by atoms with E-state index in [4.69, 9.17) is 4.74 Å². The quantitative estimate of drug-likeness (QED) is 0.686. The van der Waals surface area contributed by atoms with Crippen molar-refractivity contribution in [3.05, 3.63) is 65.2 Å². The normalized spacial score (nSPS) is 13.3. The van der Waals surface area contributed by atoms with Crippen molar-refractivity contribution in [2.45, 2.75) is 19.8 Å². The molecule has 5 heteroatoms. The van der Waals surface area contributed by atoms with E-state index < -0.39 is 0 Å². The van der Waals surface area contributed by atoms with Gasteiger partial charge in [-0.2, -0.15) is 0 Å². The van der Waals surface area contributed by atoms with Crippen molar-refractivity contribution in [2.24, 2.45) is 0 Å². The summed E-state index contributed by atoms with van der Waals surface area (Å²) in [7, 11) is 0. The summed E-state index contributed by atoms with van der Waals surface area (Å²) in [5, 5.41) is 3.03. The number of carbonyl (C=O) groups is 1. The topological polar surface area (TPSA) is 42.4 Å². The molecule has 0 saturated heterocycles. The molecule has 0 unspecified atom stereocenters. The number of rotatable bonds is 4. The van der Waals surface area contributed by atoms with Crippen molar-refractivity contribution in [1.29, 1.82) is 0 Å². The van der Waals surface area contributed by atoms with E-state index in [9.17, 15) is 4.79 Å². The van der Waals surface area contributed by atoms with Crippen LogP contribution in [-0.4, -0.2) is 24.0 Å². The minimum absolute atomic E-state index is 0.00299. The van der Waals surface area contributed by atoms with Crippen molar-refractivity contribution in [3.63, 3.8) is 0 Å². The molecule has 0 bridgehead atoms. The second-order valence-electron chi connectivity index (χ2n) is 6.38. The molecule has 1 aromatic heterocycles. The number of benzene rings is 2. The molecule has 1 aliphatic rings. The third kappa shape index (κ3) is 3.48. The number of aryl methyl sites for hydroxylation is 2. The summed E-state index contributed by atoms with van der Waals surface area (Å²) in [5.74, 6) is 0.692. The monoisotopic (exact) mass is 364 g/mol. The van der Waals surface area contributed by atoms with Crippen LogP contribution in [-0.2, 0) is 11.2 Å². The third-order valence-corrected chi connectivity index (χ3v) is 5.50. The highest BCUT2D eigenvalue weighted by atomic mass is 32.1. The number of hydrogen-bond acceptors (Lipinski definition) is 4. The summed E-state index contributed by atoms with van der Waals surface area (Å²) in [6.45, 7) is 2.79. The first-order valence-corrected chi connectivity index (χ1v) is 9.62. The highest BCUT2D eigenvalue weighted by Gasteiger charge is 2.22. The van der Waals surface area contributed by atoms with E-state index in [0.717, 1.165) is 41.3 Å². The van der Waals surface area contributed by atoms with Crippen molar-refractivity contribution in [3.8, 4) is 16.3 Å². The van der Waals surface area contributed by atoms with Crippen LogP contribution >= 0.6 is 11.3 Å². The number of nitrogens with zero attached hydrogens (tertiary/aromatic N) is 2. The average molecular weight is 364 g/mol. The van der Waals surface area contributed by atoms with Gasteiger partial charge in [0, 0.05) is 28.9 Å². The molecule has 26 heavy (non-hydrogen) atoms. The zero-order chi connectivity index (χ0) is 17.9.